The lowest BCUT2D eigenvalue weighted by Gasteiger charge is -2.26. The molecule has 0 atom stereocenters. The smallest absolute Gasteiger partial charge is 0.159 e. The minimum absolute atomic E-state index is 0.859. The third kappa shape index (κ3) is 7.12. The second-order valence-electron chi connectivity index (χ2n) is 19.6. The van der Waals surface area contributed by atoms with Crippen LogP contribution in [0.15, 0.2) is 283 Å². The minimum atomic E-state index is 0.859. The fraction of sp³-hybridized carbons (Fsp3) is 0. The standard InChI is InChI=1S/C72H46N2O/c1-3-14-47(15-4-1)49-26-35-55(36-27-49)73(70-24-13-23-64-63-22-11-12-25-71(63)75-72(64)70)56-37-28-51(29-38-56)54-34-43-69-67(46-54)66-45-53(48-16-5-2-6-17-48)33-42-68(66)74(69)57-39-30-50(31-40-57)52-32-41-62-60-20-8-7-18-58(60)59-19-9-10-21-61(59)65(62)44-52/h1-46H. The maximum absolute atomic E-state index is 6.66. The van der Waals surface area contributed by atoms with Gasteiger partial charge in [0, 0.05) is 38.6 Å². The summed E-state index contributed by atoms with van der Waals surface area (Å²) >= 11 is 0. The maximum atomic E-state index is 6.66. The summed E-state index contributed by atoms with van der Waals surface area (Å²) in [5.41, 5.74) is 17.7. The van der Waals surface area contributed by atoms with Crippen LogP contribution in [0.2, 0.25) is 0 Å². The summed E-state index contributed by atoms with van der Waals surface area (Å²) < 4.78 is 9.09. The summed E-state index contributed by atoms with van der Waals surface area (Å²) in [6, 6.07) is 101. The minimum Gasteiger partial charge on any atom is -0.454 e. The molecule has 350 valence electrons. The molecule has 0 aliphatic rings. The van der Waals surface area contributed by atoms with Gasteiger partial charge in [-0.05, 0) is 156 Å². The number of aromatic nitrogens is 1. The fourth-order valence-corrected chi connectivity index (χ4v) is 11.8. The van der Waals surface area contributed by atoms with Gasteiger partial charge in [-0.1, -0.05) is 200 Å². The molecule has 0 saturated carbocycles. The molecule has 0 aliphatic carbocycles. The average Bonchev–Trinajstić information content (AvgIpc) is 4.07. The zero-order valence-corrected chi connectivity index (χ0v) is 40.9. The highest BCUT2D eigenvalue weighted by molar-refractivity contribution is 6.26. The molecule has 0 bridgehead atoms. The summed E-state index contributed by atoms with van der Waals surface area (Å²) in [5.74, 6) is 0. The quantitative estimate of drug-likeness (QED) is 0.142. The number of fused-ring (bicyclic) bond motifs is 12. The van der Waals surface area contributed by atoms with Crippen molar-refractivity contribution in [2.45, 2.75) is 0 Å². The molecule has 0 unspecified atom stereocenters. The van der Waals surface area contributed by atoms with Crippen molar-refractivity contribution in [1.82, 2.24) is 4.57 Å². The monoisotopic (exact) mass is 954 g/mol. The van der Waals surface area contributed by atoms with Crippen LogP contribution in [0.5, 0.6) is 0 Å². The summed E-state index contributed by atoms with van der Waals surface area (Å²) in [5, 5.41) is 12.3. The molecular weight excluding hydrogens is 909 g/mol. The van der Waals surface area contributed by atoms with Crippen molar-refractivity contribution in [3.8, 4) is 50.2 Å². The maximum Gasteiger partial charge on any atom is 0.159 e. The number of hydrogen-bond acceptors (Lipinski definition) is 2. The number of rotatable bonds is 8. The van der Waals surface area contributed by atoms with Gasteiger partial charge < -0.3 is 13.9 Å². The van der Waals surface area contributed by atoms with E-state index in [0.29, 0.717) is 0 Å². The van der Waals surface area contributed by atoms with Crippen LogP contribution < -0.4 is 4.90 Å². The Bertz CT molecular complexity index is 4630. The number of para-hydroxylation sites is 2. The van der Waals surface area contributed by atoms with Crippen LogP contribution in [0.3, 0.4) is 0 Å². The average molecular weight is 955 g/mol. The fourth-order valence-electron chi connectivity index (χ4n) is 11.8. The molecule has 13 aromatic carbocycles. The Labute approximate surface area is 434 Å². The molecule has 2 heterocycles. The Morgan fingerprint density at radius 1 is 0.253 bits per heavy atom. The van der Waals surface area contributed by atoms with Crippen molar-refractivity contribution >= 4 is 93.1 Å². The number of furan rings is 1. The number of nitrogens with zero attached hydrogens (tertiary/aromatic N) is 2. The van der Waals surface area contributed by atoms with Gasteiger partial charge in [0.1, 0.15) is 5.58 Å². The lowest BCUT2D eigenvalue weighted by atomic mass is 9.92. The van der Waals surface area contributed by atoms with Crippen LogP contribution in [0.25, 0.3) is 126 Å². The van der Waals surface area contributed by atoms with E-state index < -0.39 is 0 Å². The molecule has 0 spiro atoms. The summed E-state index contributed by atoms with van der Waals surface area (Å²) in [7, 11) is 0. The van der Waals surface area contributed by atoms with Gasteiger partial charge >= 0.3 is 0 Å². The molecule has 15 aromatic rings. The van der Waals surface area contributed by atoms with E-state index >= 15 is 0 Å². The zero-order chi connectivity index (χ0) is 49.4. The molecule has 75 heavy (non-hydrogen) atoms. The van der Waals surface area contributed by atoms with Crippen LogP contribution >= 0.6 is 0 Å². The molecule has 2 aromatic heterocycles. The molecule has 0 aliphatic heterocycles. The van der Waals surface area contributed by atoms with Crippen molar-refractivity contribution in [3.05, 3.63) is 279 Å². The molecule has 15 rings (SSSR count). The van der Waals surface area contributed by atoms with Crippen molar-refractivity contribution in [1.29, 1.82) is 0 Å². The molecule has 3 heteroatoms. The van der Waals surface area contributed by atoms with Crippen LogP contribution in [-0.4, -0.2) is 4.57 Å². The first-order valence-electron chi connectivity index (χ1n) is 25.7. The first-order chi connectivity index (χ1) is 37.2. The van der Waals surface area contributed by atoms with Gasteiger partial charge in [0.05, 0.1) is 16.7 Å². The Hall–Kier alpha value is -9.96. The zero-order valence-electron chi connectivity index (χ0n) is 40.9. The van der Waals surface area contributed by atoms with Gasteiger partial charge in [0.2, 0.25) is 0 Å². The summed E-state index contributed by atoms with van der Waals surface area (Å²) in [4.78, 5) is 2.32. The van der Waals surface area contributed by atoms with E-state index in [1.807, 2.05) is 6.07 Å². The Kier molecular flexibility index (Phi) is 9.89. The predicted molar refractivity (Wildman–Crippen MR) is 317 cm³/mol. The number of anilines is 3. The van der Waals surface area contributed by atoms with Crippen LogP contribution in [0.4, 0.5) is 17.1 Å². The highest BCUT2D eigenvalue weighted by atomic mass is 16.3. The number of benzene rings is 13. The van der Waals surface area contributed by atoms with Crippen LogP contribution in [-0.2, 0) is 0 Å². The van der Waals surface area contributed by atoms with Gasteiger partial charge in [-0.2, -0.15) is 0 Å². The van der Waals surface area contributed by atoms with Gasteiger partial charge in [-0.25, -0.2) is 0 Å². The second kappa shape index (κ2) is 17.4. The molecule has 0 saturated heterocycles. The van der Waals surface area contributed by atoms with E-state index in [1.54, 1.807) is 0 Å². The van der Waals surface area contributed by atoms with Crippen molar-refractivity contribution in [2.75, 3.05) is 4.90 Å². The SMILES string of the molecule is c1ccc(-c2ccc(N(c3ccc(-c4ccc5c(c4)c4cc(-c6ccccc6)ccc4n5-c4ccc(-c5ccc6c7ccccc7c7ccccc7c6c5)cc4)cc3)c3cccc4c3oc3ccccc34)cc2)cc1. The highest BCUT2D eigenvalue weighted by Gasteiger charge is 2.21. The van der Waals surface area contributed by atoms with Crippen molar-refractivity contribution in [3.63, 3.8) is 0 Å². The number of hydrogen-bond donors (Lipinski definition) is 0. The van der Waals surface area contributed by atoms with E-state index in [0.717, 1.165) is 61.3 Å². The molecule has 0 fully saturated rings. The van der Waals surface area contributed by atoms with Crippen molar-refractivity contribution < 1.29 is 4.42 Å². The van der Waals surface area contributed by atoms with Gasteiger partial charge in [0.25, 0.3) is 0 Å². The highest BCUT2D eigenvalue weighted by Crippen LogP contribution is 2.44. The molecule has 0 amide bonds. The third-order valence-electron chi connectivity index (χ3n) is 15.4. The van der Waals surface area contributed by atoms with Gasteiger partial charge in [-0.15, -0.1) is 0 Å². The van der Waals surface area contributed by atoms with Crippen LogP contribution in [0.1, 0.15) is 0 Å². The second-order valence-corrected chi connectivity index (χ2v) is 19.6. The Balaban J connectivity index is 0.829. The van der Waals surface area contributed by atoms with Gasteiger partial charge in [-0.3, -0.25) is 0 Å². The largest absolute Gasteiger partial charge is 0.454 e. The first kappa shape index (κ1) is 42.7. The van der Waals surface area contributed by atoms with E-state index in [1.165, 1.54) is 82.0 Å². The first-order valence-corrected chi connectivity index (χ1v) is 25.7. The predicted octanol–water partition coefficient (Wildman–Crippen LogP) is 20.3. The Morgan fingerprint density at radius 3 is 1.20 bits per heavy atom. The molecule has 0 N–H and O–H groups in total. The lowest BCUT2D eigenvalue weighted by molar-refractivity contribution is 0.669. The van der Waals surface area contributed by atoms with Crippen LogP contribution in [0, 0.1) is 0 Å². The summed E-state index contributed by atoms with van der Waals surface area (Å²) in [6.45, 7) is 0. The summed E-state index contributed by atoms with van der Waals surface area (Å²) in [6.07, 6.45) is 0. The molecule has 3 nitrogen and oxygen atoms in total. The van der Waals surface area contributed by atoms with E-state index in [9.17, 15) is 0 Å². The third-order valence-corrected chi connectivity index (χ3v) is 15.4. The normalized spacial score (nSPS) is 11.7. The van der Waals surface area contributed by atoms with E-state index in [2.05, 4.69) is 282 Å². The molecular formula is C72H46N2O. The van der Waals surface area contributed by atoms with Crippen molar-refractivity contribution in [2.24, 2.45) is 0 Å². The lowest BCUT2D eigenvalue weighted by Crippen LogP contribution is -2.10. The topological polar surface area (TPSA) is 21.3 Å². The van der Waals surface area contributed by atoms with Gasteiger partial charge in [0.15, 0.2) is 5.58 Å². The Morgan fingerprint density at radius 2 is 0.640 bits per heavy atom. The van der Waals surface area contributed by atoms with E-state index in [4.69, 9.17) is 4.42 Å². The molecule has 0 radical (unpaired) electrons. The van der Waals surface area contributed by atoms with E-state index in [-0.39, 0.29) is 0 Å².